The summed E-state index contributed by atoms with van der Waals surface area (Å²) in [6.45, 7) is 8.46. The summed E-state index contributed by atoms with van der Waals surface area (Å²) in [7, 11) is 0. The molecule has 10 nitrogen and oxygen atoms in total. The number of fused-ring (bicyclic) bond motifs is 5. The van der Waals surface area contributed by atoms with Crippen LogP contribution in [-0.4, -0.2) is 75.9 Å². The Morgan fingerprint density at radius 2 is 1.89 bits per heavy atom. The number of esters is 1. The van der Waals surface area contributed by atoms with Gasteiger partial charge in [0.2, 0.25) is 0 Å². The summed E-state index contributed by atoms with van der Waals surface area (Å²) in [5, 5.41) is 33.0. The Labute approximate surface area is 210 Å². The van der Waals surface area contributed by atoms with Gasteiger partial charge in [-0.05, 0) is 30.4 Å². The van der Waals surface area contributed by atoms with E-state index in [4.69, 9.17) is 25.1 Å². The number of carboxylic acid groups (broad SMARTS) is 1. The number of aliphatic hydroxyl groups is 2. The van der Waals surface area contributed by atoms with Gasteiger partial charge in [0.05, 0.1) is 18.8 Å². The predicted molar refractivity (Wildman–Crippen MR) is 126 cm³/mol. The summed E-state index contributed by atoms with van der Waals surface area (Å²) in [6, 6.07) is -1.18. The van der Waals surface area contributed by atoms with Crippen molar-refractivity contribution in [1.29, 1.82) is 0 Å². The van der Waals surface area contributed by atoms with E-state index in [0.29, 0.717) is 17.6 Å². The van der Waals surface area contributed by atoms with Crippen LogP contribution in [0.4, 0.5) is 0 Å². The standard InChI is InChI=1S/C26H37NO9/c1-13-6-19-24(32,21(13)29)9-16(10-34-12-35-11-18(27)22(30)31)7-17-20-23(4,5)25(20,36-15(3)28)8-14(2)26(17,19)33/h6-7,14,17-20,32-33H,8-12,27H2,1-5H3,(H,30,31)/t14-,17+,18+,19-,20-,24-,25+,26-/m1/s1. The van der Waals surface area contributed by atoms with Crippen molar-refractivity contribution in [3.05, 3.63) is 23.3 Å². The molecular weight excluding hydrogens is 470 g/mol. The maximum absolute atomic E-state index is 13.2. The van der Waals surface area contributed by atoms with Crippen molar-refractivity contribution >= 4 is 17.7 Å². The van der Waals surface area contributed by atoms with E-state index < -0.39 is 51.8 Å². The zero-order valence-electron chi connectivity index (χ0n) is 21.4. The third kappa shape index (κ3) is 3.77. The highest BCUT2D eigenvalue weighted by Gasteiger charge is 2.83. The molecular formula is C26H37NO9. The molecule has 0 aliphatic heterocycles. The number of hydrogen-bond acceptors (Lipinski definition) is 9. The lowest BCUT2D eigenvalue weighted by molar-refractivity contribution is -0.186. The Balaban J connectivity index is 1.66. The Hall–Kier alpha value is -2.11. The van der Waals surface area contributed by atoms with Gasteiger partial charge in [-0.25, -0.2) is 0 Å². The number of aliphatic carboxylic acids is 1. The fraction of sp³-hybridized carbons (Fsp3) is 0.731. The number of rotatable bonds is 8. The maximum atomic E-state index is 13.2. The van der Waals surface area contributed by atoms with E-state index in [1.165, 1.54) is 6.92 Å². The number of hydrogen-bond donors (Lipinski definition) is 4. The number of carboxylic acids is 1. The van der Waals surface area contributed by atoms with Crippen molar-refractivity contribution in [2.45, 2.75) is 70.3 Å². The lowest BCUT2D eigenvalue weighted by atomic mass is 9.60. The highest BCUT2D eigenvalue weighted by Crippen LogP contribution is 2.76. The quantitative estimate of drug-likeness (QED) is 0.161. The number of carbonyl (C=O) groups excluding carboxylic acids is 2. The second-order valence-corrected chi connectivity index (χ2v) is 11.6. The van der Waals surface area contributed by atoms with Crippen molar-refractivity contribution in [3.8, 4) is 0 Å². The minimum absolute atomic E-state index is 0.00164. The number of ether oxygens (including phenoxy) is 3. The van der Waals surface area contributed by atoms with Crippen LogP contribution >= 0.6 is 0 Å². The van der Waals surface area contributed by atoms with Gasteiger partial charge in [0.1, 0.15) is 24.0 Å². The van der Waals surface area contributed by atoms with Gasteiger partial charge in [0, 0.05) is 36.5 Å². The number of nitrogens with two attached hydrogens (primary N) is 1. The second kappa shape index (κ2) is 8.73. The summed E-state index contributed by atoms with van der Waals surface area (Å²) in [6.07, 6.45) is 3.96. The van der Waals surface area contributed by atoms with Gasteiger partial charge < -0.3 is 35.3 Å². The molecule has 0 aromatic carbocycles. The summed E-state index contributed by atoms with van der Waals surface area (Å²) in [5.41, 5.74) is 1.99. The highest BCUT2D eigenvalue weighted by molar-refractivity contribution is 6.04. The lowest BCUT2D eigenvalue weighted by Crippen LogP contribution is -2.61. The third-order valence-corrected chi connectivity index (χ3v) is 9.07. The van der Waals surface area contributed by atoms with Crippen LogP contribution in [0.25, 0.3) is 0 Å². The van der Waals surface area contributed by atoms with E-state index in [-0.39, 0.29) is 44.2 Å². The first kappa shape index (κ1) is 26.9. The topological polar surface area (TPSA) is 166 Å². The molecule has 4 aliphatic rings. The van der Waals surface area contributed by atoms with Gasteiger partial charge in [-0.15, -0.1) is 0 Å². The zero-order valence-corrected chi connectivity index (χ0v) is 21.4. The SMILES string of the molecule is CC(=O)O[C@@]12C[C@@H](C)[C@@]3(O)[C@@H](C=C(COCOC[C@H](N)C(=O)O)C[C@]4(O)C(=O)C(C)=C[C@@H]34)[C@@H]1C2(C)C. The molecule has 10 heteroatoms. The van der Waals surface area contributed by atoms with Gasteiger partial charge in [0.15, 0.2) is 5.78 Å². The van der Waals surface area contributed by atoms with Crippen molar-refractivity contribution in [3.63, 3.8) is 0 Å². The van der Waals surface area contributed by atoms with E-state index >= 15 is 0 Å². The molecule has 0 spiro atoms. The molecule has 2 fully saturated rings. The van der Waals surface area contributed by atoms with Gasteiger partial charge >= 0.3 is 11.9 Å². The molecule has 4 aliphatic carbocycles. The Bertz CT molecular complexity index is 1030. The smallest absolute Gasteiger partial charge is 0.322 e. The Morgan fingerprint density at radius 1 is 1.22 bits per heavy atom. The number of Topliss-reactive ketones (excluding diaryl/α,β-unsaturated/α-hetero) is 1. The second-order valence-electron chi connectivity index (χ2n) is 11.6. The first-order valence-corrected chi connectivity index (χ1v) is 12.3. The third-order valence-electron chi connectivity index (χ3n) is 9.07. The summed E-state index contributed by atoms with van der Waals surface area (Å²) < 4.78 is 16.7. The van der Waals surface area contributed by atoms with Crippen LogP contribution in [0, 0.1) is 29.1 Å². The molecule has 0 saturated heterocycles. The highest BCUT2D eigenvalue weighted by atomic mass is 16.7. The first-order valence-electron chi connectivity index (χ1n) is 12.3. The van der Waals surface area contributed by atoms with Crippen LogP contribution in [-0.2, 0) is 28.6 Å². The minimum atomic E-state index is -1.83. The summed E-state index contributed by atoms with van der Waals surface area (Å²) in [4.78, 5) is 36.1. The minimum Gasteiger partial charge on any atom is -0.480 e. The first-order chi connectivity index (χ1) is 16.6. The largest absolute Gasteiger partial charge is 0.480 e. The summed E-state index contributed by atoms with van der Waals surface area (Å²) in [5.74, 6) is -3.94. The van der Waals surface area contributed by atoms with Crippen LogP contribution in [0.15, 0.2) is 23.3 Å². The van der Waals surface area contributed by atoms with Crippen LogP contribution in [0.5, 0.6) is 0 Å². The molecule has 0 bridgehead atoms. The molecule has 36 heavy (non-hydrogen) atoms. The van der Waals surface area contributed by atoms with Crippen molar-refractivity contribution in [1.82, 2.24) is 0 Å². The number of ketones is 1. The molecule has 8 atom stereocenters. The van der Waals surface area contributed by atoms with Gasteiger partial charge in [-0.3, -0.25) is 14.4 Å². The van der Waals surface area contributed by atoms with Gasteiger partial charge in [0.25, 0.3) is 0 Å². The molecule has 0 unspecified atom stereocenters. The van der Waals surface area contributed by atoms with E-state index in [9.17, 15) is 24.6 Å². The Kier molecular flexibility index (Phi) is 6.53. The van der Waals surface area contributed by atoms with Crippen LogP contribution < -0.4 is 5.73 Å². The average Bonchev–Trinajstić information content (AvgIpc) is 3.17. The fourth-order valence-corrected chi connectivity index (χ4v) is 7.32. The van der Waals surface area contributed by atoms with Crippen LogP contribution in [0.3, 0.4) is 0 Å². The average molecular weight is 508 g/mol. The fourth-order valence-electron chi connectivity index (χ4n) is 7.32. The van der Waals surface area contributed by atoms with Crippen LogP contribution in [0.1, 0.15) is 47.5 Å². The van der Waals surface area contributed by atoms with Gasteiger partial charge in [-0.1, -0.05) is 32.9 Å². The van der Waals surface area contributed by atoms with Crippen molar-refractivity contribution < 1.29 is 43.9 Å². The van der Waals surface area contributed by atoms with Crippen LogP contribution in [0.2, 0.25) is 0 Å². The Morgan fingerprint density at radius 3 is 2.50 bits per heavy atom. The molecule has 0 amide bonds. The van der Waals surface area contributed by atoms with Crippen molar-refractivity contribution in [2.75, 3.05) is 20.0 Å². The van der Waals surface area contributed by atoms with E-state index in [1.54, 1.807) is 13.0 Å². The predicted octanol–water partition coefficient (Wildman–Crippen LogP) is 0.940. The molecule has 4 rings (SSSR count). The molecule has 0 heterocycles. The zero-order chi connectivity index (χ0) is 26.8. The monoisotopic (exact) mass is 507 g/mol. The molecule has 200 valence electrons. The lowest BCUT2D eigenvalue weighted by Gasteiger charge is -2.50. The molecule has 0 aromatic heterocycles. The van der Waals surface area contributed by atoms with E-state index in [1.807, 2.05) is 26.8 Å². The molecule has 0 radical (unpaired) electrons. The molecule has 5 N–H and O–H groups in total. The van der Waals surface area contributed by atoms with E-state index in [2.05, 4.69) is 0 Å². The molecule has 0 aromatic rings. The number of carbonyl (C=O) groups is 3. The van der Waals surface area contributed by atoms with E-state index in [0.717, 1.165) is 0 Å². The maximum Gasteiger partial charge on any atom is 0.322 e. The normalized spacial score (nSPS) is 41.2. The summed E-state index contributed by atoms with van der Waals surface area (Å²) >= 11 is 0. The van der Waals surface area contributed by atoms with Gasteiger partial charge in [-0.2, -0.15) is 0 Å². The van der Waals surface area contributed by atoms with Crippen molar-refractivity contribution in [2.24, 2.45) is 34.8 Å². The molecule has 2 saturated carbocycles.